The zero-order chi connectivity index (χ0) is 28.9. The van der Waals surface area contributed by atoms with Crippen LogP contribution in [0.15, 0.2) is 72.8 Å². The van der Waals surface area contributed by atoms with Gasteiger partial charge in [0, 0.05) is 59.2 Å². The highest BCUT2D eigenvalue weighted by atomic mass is 16.5. The number of aryl methyl sites for hydroxylation is 1. The highest BCUT2D eigenvalue weighted by Gasteiger charge is 2.57. The first kappa shape index (κ1) is 26.6. The third-order valence-electron chi connectivity index (χ3n) is 8.22. The van der Waals surface area contributed by atoms with Crippen LogP contribution in [0.2, 0.25) is 0 Å². The Balaban J connectivity index is 1.72. The fraction of sp³-hybridized carbons (Fsp3) is 0.265. The second-order valence-corrected chi connectivity index (χ2v) is 10.2. The Morgan fingerprint density at radius 3 is 2.05 bits per heavy atom. The predicted octanol–water partition coefficient (Wildman–Crippen LogP) is 6.93. The second kappa shape index (κ2) is 10.1. The third kappa shape index (κ3) is 3.75. The van der Waals surface area contributed by atoms with Crippen LogP contribution in [0.5, 0.6) is 28.7 Å². The molecule has 2 heterocycles. The van der Waals surface area contributed by atoms with Crippen molar-refractivity contribution in [1.82, 2.24) is 0 Å². The smallest absolute Gasteiger partial charge is 0.260 e. The van der Waals surface area contributed by atoms with E-state index in [2.05, 4.69) is 49.1 Å². The molecule has 1 spiro atoms. The molecule has 4 aromatic rings. The summed E-state index contributed by atoms with van der Waals surface area (Å²) in [7, 11) is 4.72. The van der Waals surface area contributed by atoms with E-state index >= 15 is 0 Å². The van der Waals surface area contributed by atoms with Crippen LogP contribution in [0.1, 0.15) is 46.5 Å². The number of nitrogens with zero attached hydrogens (tertiary/aromatic N) is 2. The molecule has 2 aliphatic heterocycles. The number of methoxy groups -OCH3 is 3. The Kier molecular flexibility index (Phi) is 6.53. The maximum atomic E-state index is 14.5. The van der Waals surface area contributed by atoms with Crippen LogP contribution in [-0.4, -0.2) is 40.3 Å². The molecule has 7 nitrogen and oxygen atoms in total. The summed E-state index contributed by atoms with van der Waals surface area (Å²) in [5.41, 5.74) is 5.05. The van der Waals surface area contributed by atoms with Gasteiger partial charge in [0.05, 0.1) is 27.0 Å². The molecule has 1 atom stereocenters. The summed E-state index contributed by atoms with van der Waals surface area (Å²) in [6.45, 7) is 8.07. The van der Waals surface area contributed by atoms with Gasteiger partial charge in [-0.05, 0) is 44.5 Å². The summed E-state index contributed by atoms with van der Waals surface area (Å²) in [5.74, 6) is 2.71. The molecule has 41 heavy (non-hydrogen) atoms. The molecular formula is C34H34N2O5. The van der Waals surface area contributed by atoms with E-state index < -0.39 is 5.54 Å². The van der Waals surface area contributed by atoms with Crippen molar-refractivity contribution in [3.05, 3.63) is 101 Å². The Hall–Kier alpha value is -4.65. The first-order valence-electron chi connectivity index (χ1n) is 13.8. The van der Waals surface area contributed by atoms with Crippen LogP contribution in [-0.2, 0) is 5.54 Å². The maximum absolute atomic E-state index is 14.5. The minimum Gasteiger partial charge on any atom is -0.493 e. The van der Waals surface area contributed by atoms with Crippen molar-refractivity contribution in [1.29, 1.82) is 0 Å². The largest absolute Gasteiger partial charge is 0.493 e. The van der Waals surface area contributed by atoms with Gasteiger partial charge in [-0.25, -0.2) is 0 Å². The third-order valence-corrected chi connectivity index (χ3v) is 8.22. The summed E-state index contributed by atoms with van der Waals surface area (Å²) >= 11 is 0. The molecule has 1 unspecified atom stereocenters. The maximum Gasteiger partial charge on any atom is 0.260 e. The van der Waals surface area contributed by atoms with Gasteiger partial charge in [0.15, 0.2) is 11.5 Å². The molecule has 0 radical (unpaired) electrons. The van der Waals surface area contributed by atoms with Gasteiger partial charge >= 0.3 is 0 Å². The van der Waals surface area contributed by atoms with E-state index in [0.29, 0.717) is 28.5 Å². The molecule has 0 fully saturated rings. The Morgan fingerprint density at radius 2 is 1.41 bits per heavy atom. The van der Waals surface area contributed by atoms with Crippen molar-refractivity contribution < 1.29 is 23.7 Å². The lowest BCUT2D eigenvalue weighted by Gasteiger charge is -2.44. The van der Waals surface area contributed by atoms with E-state index in [1.165, 1.54) is 0 Å². The fourth-order valence-corrected chi connectivity index (χ4v) is 6.37. The summed E-state index contributed by atoms with van der Waals surface area (Å²) in [6, 6.07) is 24.0. The highest BCUT2D eigenvalue weighted by molar-refractivity contribution is 6.14. The van der Waals surface area contributed by atoms with Gasteiger partial charge in [-0.3, -0.25) is 9.69 Å². The van der Waals surface area contributed by atoms with Gasteiger partial charge in [-0.2, -0.15) is 0 Å². The van der Waals surface area contributed by atoms with Gasteiger partial charge in [-0.1, -0.05) is 36.4 Å². The number of hydrogen-bond donors (Lipinski definition) is 0. The van der Waals surface area contributed by atoms with Crippen molar-refractivity contribution in [2.75, 3.05) is 44.2 Å². The van der Waals surface area contributed by atoms with Gasteiger partial charge in [0.2, 0.25) is 5.75 Å². The number of rotatable bonds is 7. The number of carbonyl (C=O) groups is 1. The number of carbonyl (C=O) groups excluding carboxylic acids is 1. The fourth-order valence-electron chi connectivity index (χ4n) is 6.37. The zero-order valence-corrected chi connectivity index (χ0v) is 24.3. The first-order chi connectivity index (χ1) is 19.9. The Labute approximate surface area is 240 Å². The van der Waals surface area contributed by atoms with Crippen molar-refractivity contribution in [3.63, 3.8) is 0 Å². The average molecular weight is 551 g/mol. The van der Waals surface area contributed by atoms with E-state index in [1.54, 1.807) is 21.3 Å². The summed E-state index contributed by atoms with van der Waals surface area (Å²) in [5, 5.41) is 0. The number of anilines is 2. The Bertz CT molecular complexity index is 1640. The number of fused-ring (bicyclic) bond motifs is 6. The number of amides is 1. The summed E-state index contributed by atoms with van der Waals surface area (Å²) < 4.78 is 23.7. The molecule has 2 aliphatic rings. The van der Waals surface area contributed by atoms with Crippen LogP contribution in [0.4, 0.5) is 11.4 Å². The number of hydrogen-bond acceptors (Lipinski definition) is 6. The SMILES string of the molecule is CCN(CC)c1ccc2c(c1)Oc1cc(C)ccc1C21c2ccccc2C(=O)N1c1cc(OC)c(OC)c(OC)c1. The van der Waals surface area contributed by atoms with Gasteiger partial charge in [0.25, 0.3) is 5.91 Å². The molecule has 0 aromatic heterocycles. The molecule has 7 heteroatoms. The van der Waals surface area contributed by atoms with Crippen molar-refractivity contribution in [2.24, 2.45) is 0 Å². The monoisotopic (exact) mass is 550 g/mol. The molecule has 0 saturated carbocycles. The van der Waals surface area contributed by atoms with Gasteiger partial charge in [-0.15, -0.1) is 0 Å². The van der Waals surface area contributed by atoms with E-state index in [4.69, 9.17) is 18.9 Å². The van der Waals surface area contributed by atoms with Gasteiger partial charge < -0.3 is 23.8 Å². The lowest BCUT2D eigenvalue weighted by Crippen LogP contribution is -2.47. The summed E-state index contributed by atoms with van der Waals surface area (Å²) in [6.07, 6.45) is 0. The standard InChI is InChI=1S/C34H34N2O5/c1-7-35(8-2)22-14-16-27-29(18-22)41-28-17-21(3)13-15-26(28)34(27)25-12-10-9-11-24(25)33(37)36(34)23-19-30(38-4)32(40-6)31(20-23)39-5/h9-20H,7-8H2,1-6H3. The molecular weight excluding hydrogens is 516 g/mol. The first-order valence-corrected chi connectivity index (χ1v) is 13.8. The van der Waals surface area contributed by atoms with Crippen molar-refractivity contribution >= 4 is 17.3 Å². The molecule has 0 aliphatic carbocycles. The zero-order valence-electron chi connectivity index (χ0n) is 24.3. The molecule has 0 bridgehead atoms. The van der Waals surface area contributed by atoms with Crippen LogP contribution >= 0.6 is 0 Å². The topological polar surface area (TPSA) is 60.5 Å². The minimum atomic E-state index is -1.00. The average Bonchev–Trinajstić information content (AvgIpc) is 3.25. The lowest BCUT2D eigenvalue weighted by molar-refractivity contribution is 0.0985. The van der Waals surface area contributed by atoms with Crippen molar-refractivity contribution in [3.8, 4) is 28.7 Å². The second-order valence-electron chi connectivity index (χ2n) is 10.2. The predicted molar refractivity (Wildman–Crippen MR) is 160 cm³/mol. The number of ether oxygens (including phenoxy) is 4. The quantitative estimate of drug-likeness (QED) is 0.249. The van der Waals surface area contributed by atoms with Crippen LogP contribution in [0.25, 0.3) is 0 Å². The van der Waals surface area contributed by atoms with Crippen LogP contribution in [0.3, 0.4) is 0 Å². The van der Waals surface area contributed by atoms with Crippen LogP contribution < -0.4 is 28.7 Å². The lowest BCUT2D eigenvalue weighted by atomic mass is 9.74. The molecule has 6 rings (SSSR count). The normalized spacial score (nSPS) is 16.5. The molecule has 1 amide bonds. The highest BCUT2D eigenvalue weighted by Crippen LogP contribution is 2.59. The van der Waals surface area contributed by atoms with E-state index in [1.807, 2.05) is 54.3 Å². The molecule has 0 saturated heterocycles. The van der Waals surface area contributed by atoms with Gasteiger partial charge in [0.1, 0.15) is 17.0 Å². The van der Waals surface area contributed by atoms with Crippen LogP contribution in [0, 0.1) is 6.92 Å². The molecule has 0 N–H and O–H groups in total. The van der Waals surface area contributed by atoms with E-state index in [0.717, 1.165) is 52.5 Å². The number of benzene rings is 4. The van der Waals surface area contributed by atoms with E-state index in [-0.39, 0.29) is 5.91 Å². The minimum absolute atomic E-state index is 0.123. The molecule has 210 valence electrons. The molecule has 4 aromatic carbocycles. The van der Waals surface area contributed by atoms with E-state index in [9.17, 15) is 4.79 Å². The Morgan fingerprint density at radius 1 is 0.780 bits per heavy atom. The summed E-state index contributed by atoms with van der Waals surface area (Å²) in [4.78, 5) is 18.7. The van der Waals surface area contributed by atoms with Crippen molar-refractivity contribution in [2.45, 2.75) is 26.3 Å².